The third kappa shape index (κ3) is 4.80. The Morgan fingerprint density at radius 3 is 2.29 bits per heavy atom. The third-order valence-corrected chi connectivity index (χ3v) is 4.52. The Balaban J connectivity index is 2.95. The number of nitrogens with one attached hydrogen (secondary N) is 1. The molecule has 0 saturated heterocycles. The quantitative estimate of drug-likeness (QED) is 0.780. The molecule has 0 saturated carbocycles. The van der Waals surface area contributed by atoms with Crippen LogP contribution in [0.2, 0.25) is 0 Å². The number of carbonyl (C=O) groups is 1. The fraction of sp³-hybridized carbons (Fsp3) is 0.500. The molecule has 118 valence electrons. The van der Waals surface area contributed by atoms with Crippen molar-refractivity contribution in [3.8, 4) is 0 Å². The zero-order chi connectivity index (χ0) is 16.0. The molecular formula is C14H22N2O4S. The van der Waals surface area contributed by atoms with Crippen molar-refractivity contribution in [1.82, 2.24) is 9.62 Å². The van der Waals surface area contributed by atoms with Crippen LogP contribution in [0.25, 0.3) is 0 Å². The molecule has 0 aliphatic heterocycles. The van der Waals surface area contributed by atoms with Crippen molar-refractivity contribution in [2.45, 2.75) is 31.7 Å². The summed E-state index contributed by atoms with van der Waals surface area (Å²) >= 11 is 0. The van der Waals surface area contributed by atoms with E-state index >= 15 is 0 Å². The summed E-state index contributed by atoms with van der Waals surface area (Å²) in [5.41, 5.74) is 0.397. The van der Waals surface area contributed by atoms with E-state index in [9.17, 15) is 13.2 Å². The number of likely N-dealkylation sites (N-methyl/N-ethyl adjacent to an activating group) is 1. The van der Waals surface area contributed by atoms with Crippen molar-refractivity contribution in [2.75, 3.05) is 19.7 Å². The number of rotatable bonds is 7. The van der Waals surface area contributed by atoms with Crippen molar-refractivity contribution in [2.24, 2.45) is 0 Å². The molecule has 0 unspecified atom stereocenters. The van der Waals surface area contributed by atoms with Crippen LogP contribution in [-0.4, -0.2) is 50.1 Å². The highest BCUT2D eigenvalue weighted by molar-refractivity contribution is 7.89. The third-order valence-electron chi connectivity index (χ3n) is 2.84. The number of hydrogen-bond acceptors (Lipinski definition) is 4. The SMILES string of the molecule is CCN(CCO)C(=O)c1ccc(S(=O)(=O)NC(C)C)cc1. The largest absolute Gasteiger partial charge is 0.395 e. The summed E-state index contributed by atoms with van der Waals surface area (Å²) in [5.74, 6) is -0.229. The minimum atomic E-state index is -3.55. The summed E-state index contributed by atoms with van der Waals surface area (Å²) in [6.07, 6.45) is 0. The topological polar surface area (TPSA) is 86.7 Å². The molecule has 1 aromatic carbocycles. The fourth-order valence-corrected chi connectivity index (χ4v) is 3.11. The second-order valence-corrected chi connectivity index (χ2v) is 6.62. The monoisotopic (exact) mass is 314 g/mol. The van der Waals surface area contributed by atoms with Crippen molar-refractivity contribution in [3.63, 3.8) is 0 Å². The van der Waals surface area contributed by atoms with Crippen LogP contribution < -0.4 is 4.72 Å². The molecule has 0 fully saturated rings. The van der Waals surface area contributed by atoms with Crippen LogP contribution in [0.5, 0.6) is 0 Å². The van der Waals surface area contributed by atoms with Crippen LogP contribution in [0.15, 0.2) is 29.2 Å². The molecule has 0 heterocycles. The van der Waals surface area contributed by atoms with Crippen LogP contribution in [-0.2, 0) is 10.0 Å². The van der Waals surface area contributed by atoms with Crippen LogP contribution in [0.1, 0.15) is 31.1 Å². The summed E-state index contributed by atoms with van der Waals surface area (Å²) in [6.45, 7) is 5.93. The van der Waals surface area contributed by atoms with Gasteiger partial charge >= 0.3 is 0 Å². The van der Waals surface area contributed by atoms with Crippen LogP contribution >= 0.6 is 0 Å². The van der Waals surface area contributed by atoms with E-state index in [-0.39, 0.29) is 30.0 Å². The number of hydrogen-bond donors (Lipinski definition) is 2. The second-order valence-electron chi connectivity index (χ2n) is 4.91. The minimum absolute atomic E-state index is 0.107. The highest BCUT2D eigenvalue weighted by Crippen LogP contribution is 2.12. The Morgan fingerprint density at radius 1 is 1.29 bits per heavy atom. The van der Waals surface area contributed by atoms with Crippen LogP contribution in [0.4, 0.5) is 0 Å². The van der Waals surface area contributed by atoms with Gasteiger partial charge in [-0.1, -0.05) is 0 Å². The van der Waals surface area contributed by atoms with Gasteiger partial charge in [0.2, 0.25) is 10.0 Å². The maximum absolute atomic E-state index is 12.2. The molecular weight excluding hydrogens is 292 g/mol. The smallest absolute Gasteiger partial charge is 0.253 e. The van der Waals surface area contributed by atoms with E-state index in [0.717, 1.165) is 0 Å². The van der Waals surface area contributed by atoms with Gasteiger partial charge < -0.3 is 10.0 Å². The number of nitrogens with zero attached hydrogens (tertiary/aromatic N) is 1. The predicted molar refractivity (Wildman–Crippen MR) is 80.6 cm³/mol. The summed E-state index contributed by atoms with van der Waals surface area (Å²) in [6, 6.07) is 5.58. The molecule has 7 heteroatoms. The Bertz CT molecular complexity index is 567. The molecule has 1 amide bonds. The van der Waals surface area contributed by atoms with Crippen molar-refractivity contribution in [1.29, 1.82) is 0 Å². The molecule has 0 bridgehead atoms. The number of benzene rings is 1. The maximum atomic E-state index is 12.2. The Labute approximate surface area is 125 Å². The van der Waals surface area contributed by atoms with Gasteiger partial charge in [-0.25, -0.2) is 13.1 Å². The van der Waals surface area contributed by atoms with E-state index in [2.05, 4.69) is 4.72 Å². The average molecular weight is 314 g/mol. The van der Waals surface area contributed by atoms with Gasteiger partial charge in [-0.15, -0.1) is 0 Å². The van der Waals surface area contributed by atoms with Crippen molar-refractivity contribution in [3.05, 3.63) is 29.8 Å². The predicted octanol–water partition coefficient (Wildman–Crippen LogP) is 0.828. The summed E-state index contributed by atoms with van der Waals surface area (Å²) in [7, 11) is -3.55. The molecule has 1 aromatic rings. The van der Waals surface area contributed by atoms with Gasteiger partial charge in [-0.05, 0) is 45.0 Å². The first-order valence-electron chi connectivity index (χ1n) is 6.84. The van der Waals surface area contributed by atoms with E-state index in [1.54, 1.807) is 13.8 Å². The number of aliphatic hydroxyl groups is 1. The normalized spacial score (nSPS) is 11.7. The highest BCUT2D eigenvalue weighted by Gasteiger charge is 2.17. The average Bonchev–Trinajstić information content (AvgIpc) is 2.43. The van der Waals surface area contributed by atoms with Gasteiger partial charge in [0.1, 0.15) is 0 Å². The number of aliphatic hydroxyl groups excluding tert-OH is 1. The molecule has 0 aliphatic rings. The molecule has 1 rings (SSSR count). The first kappa shape index (κ1) is 17.6. The second kappa shape index (κ2) is 7.53. The molecule has 0 aromatic heterocycles. The fourth-order valence-electron chi connectivity index (χ4n) is 1.86. The molecule has 0 spiro atoms. The molecule has 2 N–H and O–H groups in total. The lowest BCUT2D eigenvalue weighted by Crippen LogP contribution is -2.33. The summed E-state index contributed by atoms with van der Waals surface area (Å²) in [4.78, 5) is 13.8. The van der Waals surface area contributed by atoms with E-state index < -0.39 is 10.0 Å². The molecule has 0 radical (unpaired) electrons. The lowest BCUT2D eigenvalue weighted by atomic mass is 10.2. The van der Waals surface area contributed by atoms with E-state index in [1.807, 2.05) is 6.92 Å². The lowest BCUT2D eigenvalue weighted by Gasteiger charge is -2.19. The number of amides is 1. The molecule has 6 nitrogen and oxygen atoms in total. The first-order valence-corrected chi connectivity index (χ1v) is 8.32. The molecule has 0 aliphatic carbocycles. The lowest BCUT2D eigenvalue weighted by molar-refractivity contribution is 0.0732. The minimum Gasteiger partial charge on any atom is -0.395 e. The molecule has 0 atom stereocenters. The van der Waals surface area contributed by atoms with Crippen LogP contribution in [0.3, 0.4) is 0 Å². The Morgan fingerprint density at radius 2 is 1.86 bits per heavy atom. The first-order chi connectivity index (χ1) is 9.81. The van der Waals surface area contributed by atoms with E-state index in [4.69, 9.17) is 5.11 Å². The van der Waals surface area contributed by atoms with Gasteiger partial charge in [0.25, 0.3) is 5.91 Å². The van der Waals surface area contributed by atoms with Gasteiger partial charge in [-0.2, -0.15) is 0 Å². The molecule has 21 heavy (non-hydrogen) atoms. The van der Waals surface area contributed by atoms with Gasteiger partial charge in [0.05, 0.1) is 11.5 Å². The van der Waals surface area contributed by atoms with E-state index in [1.165, 1.54) is 29.2 Å². The zero-order valence-corrected chi connectivity index (χ0v) is 13.4. The van der Waals surface area contributed by atoms with E-state index in [0.29, 0.717) is 12.1 Å². The number of carbonyl (C=O) groups excluding carboxylic acids is 1. The van der Waals surface area contributed by atoms with Crippen molar-refractivity contribution >= 4 is 15.9 Å². The highest BCUT2D eigenvalue weighted by atomic mass is 32.2. The standard InChI is InChI=1S/C14H22N2O4S/c1-4-16(9-10-17)14(18)12-5-7-13(8-6-12)21(19,20)15-11(2)3/h5-8,11,15,17H,4,9-10H2,1-3H3. The number of sulfonamides is 1. The Hall–Kier alpha value is -1.44. The summed E-state index contributed by atoms with van der Waals surface area (Å²) in [5, 5.41) is 8.92. The van der Waals surface area contributed by atoms with Gasteiger partial charge in [-0.3, -0.25) is 4.79 Å². The van der Waals surface area contributed by atoms with Gasteiger partial charge in [0.15, 0.2) is 0 Å². The van der Waals surface area contributed by atoms with Crippen molar-refractivity contribution < 1.29 is 18.3 Å². The Kier molecular flexibility index (Phi) is 6.32. The van der Waals surface area contributed by atoms with Gasteiger partial charge in [0, 0.05) is 24.7 Å². The zero-order valence-electron chi connectivity index (χ0n) is 12.5. The summed E-state index contributed by atoms with van der Waals surface area (Å²) < 4.78 is 26.4. The van der Waals surface area contributed by atoms with Crippen LogP contribution in [0, 0.1) is 0 Å². The maximum Gasteiger partial charge on any atom is 0.253 e.